The summed E-state index contributed by atoms with van der Waals surface area (Å²) in [5.41, 5.74) is -0.429. The molecule has 9 nitrogen and oxygen atoms in total. The summed E-state index contributed by atoms with van der Waals surface area (Å²) in [5.74, 6) is -1.82. The molecule has 3 aliphatic rings. The van der Waals surface area contributed by atoms with Gasteiger partial charge in [-0.05, 0) is 56.0 Å². The van der Waals surface area contributed by atoms with E-state index in [-0.39, 0.29) is 30.9 Å². The van der Waals surface area contributed by atoms with Crippen LogP contribution in [0.4, 0.5) is 5.69 Å². The molecule has 2 unspecified atom stereocenters. The van der Waals surface area contributed by atoms with Crippen LogP contribution >= 0.6 is 0 Å². The third-order valence-electron chi connectivity index (χ3n) is 8.30. The van der Waals surface area contributed by atoms with E-state index in [1.807, 2.05) is 44.2 Å². The molecule has 0 aromatic heterocycles. The molecular formula is C29H35N3O6. The number of carbonyl (C=O) groups is 3. The zero-order valence-electron chi connectivity index (χ0n) is 21.8. The van der Waals surface area contributed by atoms with Crippen LogP contribution in [0.1, 0.15) is 38.7 Å². The van der Waals surface area contributed by atoms with Crippen LogP contribution in [-0.2, 0) is 25.7 Å². The average molecular weight is 522 g/mol. The number of carbonyl (C=O) groups excluding carboxylic acids is 3. The first-order valence-corrected chi connectivity index (χ1v) is 13.4. The molecule has 2 aromatic carbocycles. The minimum Gasteiger partial charge on any atom is -0.494 e. The van der Waals surface area contributed by atoms with Crippen molar-refractivity contribution in [2.24, 2.45) is 11.8 Å². The second kappa shape index (κ2) is 10.4. The minimum atomic E-state index is -1.12. The Morgan fingerprint density at radius 3 is 2.47 bits per heavy atom. The highest BCUT2D eigenvalue weighted by atomic mass is 16.5. The van der Waals surface area contributed by atoms with E-state index in [0.29, 0.717) is 43.9 Å². The van der Waals surface area contributed by atoms with E-state index in [0.717, 1.165) is 5.56 Å². The van der Waals surface area contributed by atoms with Gasteiger partial charge in [0, 0.05) is 18.8 Å². The van der Waals surface area contributed by atoms with E-state index >= 15 is 0 Å². The average Bonchev–Trinajstić information content (AvgIpc) is 3.53. The molecule has 0 saturated carbocycles. The van der Waals surface area contributed by atoms with Gasteiger partial charge in [0.2, 0.25) is 17.7 Å². The SMILES string of the molecule is CCOc1ccc(NC(=O)[C@H]2[C@H]3C(=O)N(CCO)C(C(=O)NCc4ccccc4)C34CC[C@]2(CC)O4)cc1. The van der Waals surface area contributed by atoms with Gasteiger partial charge in [0.1, 0.15) is 17.4 Å². The second-order valence-electron chi connectivity index (χ2n) is 10.2. The molecule has 2 bridgehead atoms. The molecule has 1 spiro atoms. The third kappa shape index (κ3) is 4.23. The van der Waals surface area contributed by atoms with Gasteiger partial charge < -0.3 is 30.1 Å². The van der Waals surface area contributed by atoms with Gasteiger partial charge in [0.25, 0.3) is 0 Å². The quantitative estimate of drug-likeness (QED) is 0.442. The normalized spacial score (nSPS) is 29.3. The number of anilines is 1. The standard InChI is InChI=1S/C29H35N3O6/c1-3-28-14-15-29(38-28)23(22(28)25(34)31-20-10-12-21(13-11-20)37-4-2)27(36)32(16-17-33)24(29)26(35)30-18-19-8-6-5-7-9-19/h5-13,22-24,33H,3-4,14-18H2,1-2H3,(H,30,35)(H,31,34)/t22-,23+,24?,28+,29?/m1/s1. The predicted octanol–water partition coefficient (Wildman–Crippen LogP) is 2.49. The number of amides is 3. The van der Waals surface area contributed by atoms with Gasteiger partial charge in [0.05, 0.1) is 30.7 Å². The first-order chi connectivity index (χ1) is 18.4. The Kier molecular flexibility index (Phi) is 7.15. The van der Waals surface area contributed by atoms with Crippen molar-refractivity contribution in [3.05, 3.63) is 60.2 Å². The van der Waals surface area contributed by atoms with Gasteiger partial charge in [-0.2, -0.15) is 0 Å². The lowest BCUT2D eigenvalue weighted by atomic mass is 9.65. The van der Waals surface area contributed by atoms with Crippen molar-refractivity contribution >= 4 is 23.4 Å². The van der Waals surface area contributed by atoms with Gasteiger partial charge in [-0.3, -0.25) is 14.4 Å². The molecular weight excluding hydrogens is 486 g/mol. The monoisotopic (exact) mass is 521 g/mol. The summed E-state index contributed by atoms with van der Waals surface area (Å²) in [6.07, 6.45) is 1.61. The molecule has 38 heavy (non-hydrogen) atoms. The fourth-order valence-corrected chi connectivity index (χ4v) is 6.67. The number of nitrogens with zero attached hydrogens (tertiary/aromatic N) is 1. The highest BCUT2D eigenvalue weighted by Gasteiger charge is 2.78. The molecule has 0 radical (unpaired) electrons. The van der Waals surface area contributed by atoms with E-state index in [1.54, 1.807) is 24.3 Å². The maximum atomic E-state index is 13.9. The lowest BCUT2D eigenvalue weighted by Crippen LogP contribution is -2.55. The first-order valence-electron chi connectivity index (χ1n) is 13.4. The van der Waals surface area contributed by atoms with Crippen molar-refractivity contribution in [2.45, 2.75) is 56.9 Å². The highest BCUT2D eigenvalue weighted by Crippen LogP contribution is 2.64. The number of β-amino-alcohol motifs (C(OH)–C–C–N with tert-alkyl or cyclic N) is 1. The molecule has 0 aliphatic carbocycles. The summed E-state index contributed by atoms with van der Waals surface area (Å²) >= 11 is 0. The smallest absolute Gasteiger partial charge is 0.246 e. The number of fused-ring (bicyclic) bond motifs is 1. The Balaban J connectivity index is 1.43. The summed E-state index contributed by atoms with van der Waals surface area (Å²) < 4.78 is 12.2. The fourth-order valence-electron chi connectivity index (χ4n) is 6.67. The summed E-state index contributed by atoms with van der Waals surface area (Å²) in [7, 11) is 0. The van der Waals surface area contributed by atoms with Crippen LogP contribution in [0.2, 0.25) is 0 Å². The number of hydrogen-bond donors (Lipinski definition) is 3. The Morgan fingerprint density at radius 2 is 1.82 bits per heavy atom. The van der Waals surface area contributed by atoms with E-state index in [9.17, 15) is 19.5 Å². The van der Waals surface area contributed by atoms with E-state index in [4.69, 9.17) is 9.47 Å². The minimum absolute atomic E-state index is 0.00375. The maximum absolute atomic E-state index is 13.9. The number of nitrogens with one attached hydrogen (secondary N) is 2. The molecule has 202 valence electrons. The fraction of sp³-hybridized carbons (Fsp3) is 0.483. The van der Waals surface area contributed by atoms with Crippen molar-refractivity contribution in [3.63, 3.8) is 0 Å². The van der Waals surface area contributed by atoms with E-state index < -0.39 is 29.1 Å². The number of hydrogen-bond acceptors (Lipinski definition) is 6. The Hall–Kier alpha value is -3.43. The number of benzene rings is 2. The number of rotatable bonds is 10. The molecule has 3 aliphatic heterocycles. The molecule has 9 heteroatoms. The van der Waals surface area contributed by atoms with Crippen molar-refractivity contribution < 1.29 is 29.0 Å². The summed E-state index contributed by atoms with van der Waals surface area (Å²) in [6, 6.07) is 15.7. The van der Waals surface area contributed by atoms with Crippen LogP contribution in [0, 0.1) is 11.8 Å². The van der Waals surface area contributed by atoms with Gasteiger partial charge in [-0.25, -0.2) is 0 Å². The van der Waals surface area contributed by atoms with Crippen molar-refractivity contribution in [1.82, 2.24) is 10.2 Å². The van der Waals surface area contributed by atoms with Gasteiger partial charge in [-0.1, -0.05) is 37.3 Å². The van der Waals surface area contributed by atoms with Crippen molar-refractivity contribution in [1.29, 1.82) is 0 Å². The molecule has 3 heterocycles. The molecule has 3 fully saturated rings. The number of ether oxygens (including phenoxy) is 2. The van der Waals surface area contributed by atoms with Crippen LogP contribution in [0.3, 0.4) is 0 Å². The lowest BCUT2D eigenvalue weighted by molar-refractivity contribution is -0.147. The summed E-state index contributed by atoms with van der Waals surface area (Å²) in [6.45, 7) is 4.41. The third-order valence-corrected chi connectivity index (χ3v) is 8.30. The van der Waals surface area contributed by atoms with Crippen LogP contribution in [0.25, 0.3) is 0 Å². The van der Waals surface area contributed by atoms with Gasteiger partial charge in [0.15, 0.2) is 0 Å². The molecule has 5 rings (SSSR count). The molecule has 3 saturated heterocycles. The largest absolute Gasteiger partial charge is 0.494 e. The van der Waals surface area contributed by atoms with E-state index in [1.165, 1.54) is 4.90 Å². The maximum Gasteiger partial charge on any atom is 0.246 e. The summed E-state index contributed by atoms with van der Waals surface area (Å²) in [4.78, 5) is 42.7. The number of aliphatic hydroxyl groups excluding tert-OH is 1. The van der Waals surface area contributed by atoms with Crippen molar-refractivity contribution in [2.75, 3.05) is 25.1 Å². The molecule has 3 N–H and O–H groups in total. The molecule has 2 aromatic rings. The lowest BCUT2D eigenvalue weighted by Gasteiger charge is -2.34. The zero-order valence-corrected chi connectivity index (χ0v) is 21.8. The topological polar surface area (TPSA) is 117 Å². The van der Waals surface area contributed by atoms with Crippen molar-refractivity contribution in [3.8, 4) is 5.75 Å². The van der Waals surface area contributed by atoms with Crippen LogP contribution < -0.4 is 15.4 Å². The number of aliphatic hydroxyl groups is 1. The highest BCUT2D eigenvalue weighted by molar-refractivity contribution is 6.02. The number of likely N-dealkylation sites (tertiary alicyclic amines) is 1. The second-order valence-corrected chi connectivity index (χ2v) is 10.2. The first kappa shape index (κ1) is 26.2. The molecule has 3 amide bonds. The Labute approximate surface area is 222 Å². The zero-order chi connectivity index (χ0) is 26.9. The van der Waals surface area contributed by atoms with Crippen LogP contribution in [0.15, 0.2) is 54.6 Å². The van der Waals surface area contributed by atoms with Crippen LogP contribution in [0.5, 0.6) is 5.75 Å². The predicted molar refractivity (Wildman–Crippen MR) is 140 cm³/mol. The van der Waals surface area contributed by atoms with Gasteiger partial charge >= 0.3 is 0 Å². The summed E-state index contributed by atoms with van der Waals surface area (Å²) in [5, 5.41) is 15.7. The Morgan fingerprint density at radius 1 is 1.08 bits per heavy atom. The molecule has 5 atom stereocenters. The van der Waals surface area contributed by atoms with E-state index in [2.05, 4.69) is 10.6 Å². The Bertz CT molecular complexity index is 1190. The van der Waals surface area contributed by atoms with Crippen LogP contribution in [-0.4, -0.2) is 64.7 Å². The van der Waals surface area contributed by atoms with Gasteiger partial charge in [-0.15, -0.1) is 0 Å².